The maximum absolute atomic E-state index is 12.1. The highest BCUT2D eigenvalue weighted by molar-refractivity contribution is 5.89. The van der Waals surface area contributed by atoms with Crippen LogP contribution >= 0.6 is 0 Å². The van der Waals surface area contributed by atoms with Gasteiger partial charge in [-0.05, 0) is 70.7 Å². The lowest BCUT2D eigenvalue weighted by Gasteiger charge is -2.35. The first-order valence-electron chi connectivity index (χ1n) is 7.07. The van der Waals surface area contributed by atoms with E-state index in [1.54, 1.807) is 12.1 Å². The van der Waals surface area contributed by atoms with E-state index in [1.165, 1.54) is 23.3 Å². The molecule has 0 aliphatic heterocycles. The van der Waals surface area contributed by atoms with Crippen LogP contribution in [0.15, 0.2) is 35.4 Å². The van der Waals surface area contributed by atoms with E-state index < -0.39 is 0 Å². The fraction of sp³-hybridized carbons (Fsp3) is 0.471. The summed E-state index contributed by atoms with van der Waals surface area (Å²) in [6, 6.07) is 6.18. The largest absolute Gasteiger partial charge is 0.508 e. The number of ether oxygens (including phenoxy) is 1. The van der Waals surface area contributed by atoms with Crippen LogP contribution in [0.3, 0.4) is 0 Å². The van der Waals surface area contributed by atoms with Gasteiger partial charge in [-0.25, -0.2) is 4.79 Å². The maximum atomic E-state index is 12.1. The molecule has 1 aromatic carbocycles. The number of allylic oxidation sites excluding steroid dienone is 2. The van der Waals surface area contributed by atoms with Crippen LogP contribution in [-0.2, 0) is 4.74 Å². The summed E-state index contributed by atoms with van der Waals surface area (Å²) < 4.78 is 5.69. The van der Waals surface area contributed by atoms with Gasteiger partial charge in [-0.2, -0.15) is 0 Å². The molecular formula is C17H22O3. The Hall–Kier alpha value is -1.77. The molecule has 3 heteroatoms. The average molecular weight is 274 g/mol. The predicted octanol–water partition coefficient (Wildman–Crippen LogP) is 4.22. The van der Waals surface area contributed by atoms with Crippen molar-refractivity contribution in [2.24, 2.45) is 0 Å². The van der Waals surface area contributed by atoms with Crippen molar-refractivity contribution in [2.75, 3.05) is 0 Å². The number of phenolic OH excluding ortho intramolecular Hbond substituents is 1. The highest BCUT2D eigenvalue weighted by Crippen LogP contribution is 2.36. The van der Waals surface area contributed by atoms with Gasteiger partial charge in [-0.3, -0.25) is 0 Å². The molecule has 0 radical (unpaired) electrons. The standard InChI is InChI=1S/C17H22O3/c1-12(2)13-8-10-17(3,11-9-13)20-16(19)14-4-6-15(18)7-5-14/h4-7,18H,8-11H2,1-3H3. The number of hydrogen-bond acceptors (Lipinski definition) is 3. The van der Waals surface area contributed by atoms with E-state index in [0.29, 0.717) is 5.56 Å². The zero-order chi connectivity index (χ0) is 14.8. The number of aromatic hydroxyl groups is 1. The number of carbonyl (C=O) groups is 1. The fourth-order valence-corrected chi connectivity index (χ4v) is 2.56. The Morgan fingerprint density at radius 1 is 1.15 bits per heavy atom. The summed E-state index contributed by atoms with van der Waals surface area (Å²) in [5.74, 6) is -0.160. The number of carbonyl (C=O) groups excluding carboxylic acids is 1. The molecule has 0 heterocycles. The highest BCUT2D eigenvalue weighted by atomic mass is 16.6. The Bertz CT molecular complexity index is 512. The quantitative estimate of drug-likeness (QED) is 0.649. The zero-order valence-corrected chi connectivity index (χ0v) is 12.4. The first-order valence-corrected chi connectivity index (χ1v) is 7.07. The third-order valence-corrected chi connectivity index (χ3v) is 4.06. The van der Waals surface area contributed by atoms with Gasteiger partial charge in [0.1, 0.15) is 11.4 Å². The molecule has 0 unspecified atom stereocenters. The van der Waals surface area contributed by atoms with Gasteiger partial charge in [0.2, 0.25) is 0 Å². The van der Waals surface area contributed by atoms with E-state index in [9.17, 15) is 9.90 Å². The number of benzene rings is 1. The molecule has 20 heavy (non-hydrogen) atoms. The lowest BCUT2D eigenvalue weighted by Crippen LogP contribution is -2.34. The molecule has 1 aromatic rings. The van der Waals surface area contributed by atoms with Gasteiger partial charge in [0.05, 0.1) is 5.56 Å². The van der Waals surface area contributed by atoms with Gasteiger partial charge in [0.15, 0.2) is 0 Å². The van der Waals surface area contributed by atoms with Crippen molar-refractivity contribution in [1.29, 1.82) is 0 Å². The minimum absolute atomic E-state index is 0.152. The van der Waals surface area contributed by atoms with Gasteiger partial charge in [-0.1, -0.05) is 11.1 Å². The average Bonchev–Trinajstić information content (AvgIpc) is 2.39. The van der Waals surface area contributed by atoms with Crippen molar-refractivity contribution in [3.63, 3.8) is 0 Å². The lowest BCUT2D eigenvalue weighted by molar-refractivity contribution is -0.0220. The molecule has 1 N–H and O–H groups in total. The number of esters is 1. The summed E-state index contributed by atoms with van der Waals surface area (Å²) in [6.07, 6.45) is 3.75. The van der Waals surface area contributed by atoms with Crippen molar-refractivity contribution >= 4 is 5.97 Å². The number of phenols is 1. The van der Waals surface area contributed by atoms with Crippen LogP contribution in [0.2, 0.25) is 0 Å². The molecule has 0 bridgehead atoms. The monoisotopic (exact) mass is 274 g/mol. The first kappa shape index (κ1) is 14.6. The molecular weight excluding hydrogens is 252 g/mol. The van der Waals surface area contributed by atoms with Crippen LogP contribution < -0.4 is 0 Å². The molecule has 2 rings (SSSR count). The third-order valence-electron chi connectivity index (χ3n) is 4.06. The second kappa shape index (κ2) is 5.70. The van der Waals surface area contributed by atoms with Crippen molar-refractivity contribution in [3.05, 3.63) is 41.0 Å². The van der Waals surface area contributed by atoms with Gasteiger partial charge >= 0.3 is 5.97 Å². The molecule has 1 aliphatic rings. The van der Waals surface area contributed by atoms with Crippen LogP contribution in [0.25, 0.3) is 0 Å². The van der Waals surface area contributed by atoms with E-state index in [-0.39, 0.29) is 17.3 Å². The van der Waals surface area contributed by atoms with Gasteiger partial charge in [0.25, 0.3) is 0 Å². The summed E-state index contributed by atoms with van der Waals surface area (Å²) in [6.45, 7) is 6.29. The Labute approximate surface area is 120 Å². The highest BCUT2D eigenvalue weighted by Gasteiger charge is 2.32. The van der Waals surface area contributed by atoms with E-state index >= 15 is 0 Å². The minimum Gasteiger partial charge on any atom is -0.508 e. The van der Waals surface area contributed by atoms with E-state index in [4.69, 9.17) is 4.74 Å². The van der Waals surface area contributed by atoms with Crippen molar-refractivity contribution in [2.45, 2.75) is 52.1 Å². The van der Waals surface area contributed by atoms with E-state index in [0.717, 1.165) is 25.7 Å². The summed E-state index contributed by atoms with van der Waals surface area (Å²) in [5, 5.41) is 9.23. The Morgan fingerprint density at radius 2 is 1.70 bits per heavy atom. The van der Waals surface area contributed by atoms with Crippen LogP contribution in [0.1, 0.15) is 56.8 Å². The minimum atomic E-state index is -0.381. The van der Waals surface area contributed by atoms with Crippen LogP contribution in [0, 0.1) is 0 Å². The van der Waals surface area contributed by atoms with Crippen molar-refractivity contribution in [1.82, 2.24) is 0 Å². The summed E-state index contributed by atoms with van der Waals surface area (Å²) in [7, 11) is 0. The second-order valence-electron chi connectivity index (χ2n) is 5.99. The van der Waals surface area contributed by atoms with Crippen molar-refractivity contribution < 1.29 is 14.6 Å². The summed E-state index contributed by atoms with van der Waals surface area (Å²) >= 11 is 0. The van der Waals surface area contributed by atoms with Gasteiger partial charge < -0.3 is 9.84 Å². The normalized spacial score (nSPS) is 22.4. The van der Waals surface area contributed by atoms with Crippen LogP contribution in [0.5, 0.6) is 5.75 Å². The van der Waals surface area contributed by atoms with E-state index in [2.05, 4.69) is 13.8 Å². The molecule has 0 saturated heterocycles. The summed E-state index contributed by atoms with van der Waals surface area (Å²) in [4.78, 5) is 12.1. The SMILES string of the molecule is CC(C)=C1CCC(C)(OC(=O)c2ccc(O)cc2)CC1. The molecule has 0 spiro atoms. The lowest BCUT2D eigenvalue weighted by atomic mass is 9.81. The molecule has 0 amide bonds. The second-order valence-corrected chi connectivity index (χ2v) is 5.99. The van der Waals surface area contributed by atoms with Crippen LogP contribution in [-0.4, -0.2) is 16.7 Å². The first-order chi connectivity index (χ1) is 9.39. The maximum Gasteiger partial charge on any atom is 0.338 e. The zero-order valence-electron chi connectivity index (χ0n) is 12.4. The molecule has 0 atom stereocenters. The van der Waals surface area contributed by atoms with E-state index in [1.807, 2.05) is 6.92 Å². The van der Waals surface area contributed by atoms with Gasteiger partial charge in [0, 0.05) is 0 Å². The van der Waals surface area contributed by atoms with Gasteiger partial charge in [-0.15, -0.1) is 0 Å². The number of rotatable bonds is 2. The topological polar surface area (TPSA) is 46.5 Å². The fourth-order valence-electron chi connectivity index (χ4n) is 2.56. The molecule has 108 valence electrons. The van der Waals surface area contributed by atoms with Crippen molar-refractivity contribution in [3.8, 4) is 5.75 Å². The Balaban J connectivity index is 2.01. The number of hydrogen-bond donors (Lipinski definition) is 1. The smallest absolute Gasteiger partial charge is 0.338 e. The molecule has 1 fully saturated rings. The van der Waals surface area contributed by atoms with Crippen LogP contribution in [0.4, 0.5) is 0 Å². The molecule has 0 aromatic heterocycles. The molecule has 1 aliphatic carbocycles. The Morgan fingerprint density at radius 3 is 2.20 bits per heavy atom. The molecule has 1 saturated carbocycles. The summed E-state index contributed by atoms with van der Waals surface area (Å²) in [5.41, 5.74) is 2.98. The Kier molecular flexibility index (Phi) is 4.17. The molecule has 3 nitrogen and oxygen atoms in total. The predicted molar refractivity (Wildman–Crippen MR) is 78.8 cm³/mol. The third kappa shape index (κ3) is 3.41.